The van der Waals surface area contributed by atoms with Crippen molar-refractivity contribution >= 4 is 17.7 Å². The van der Waals surface area contributed by atoms with Crippen LogP contribution in [0.4, 0.5) is 5.95 Å². The van der Waals surface area contributed by atoms with E-state index < -0.39 is 0 Å². The summed E-state index contributed by atoms with van der Waals surface area (Å²) in [4.78, 5) is 2.26. The highest BCUT2D eigenvalue weighted by Crippen LogP contribution is 2.30. The normalized spacial score (nSPS) is 14.5. The number of anilines is 1. The van der Waals surface area contributed by atoms with Crippen LogP contribution in [0.2, 0.25) is 0 Å². The second-order valence-corrected chi connectivity index (χ2v) is 7.71. The van der Waals surface area contributed by atoms with Gasteiger partial charge >= 0.3 is 0 Å². The van der Waals surface area contributed by atoms with Gasteiger partial charge in [0.2, 0.25) is 5.95 Å². The maximum atomic E-state index is 5.50. The Morgan fingerprint density at radius 1 is 0.963 bits per heavy atom. The molecule has 5 nitrogen and oxygen atoms in total. The summed E-state index contributed by atoms with van der Waals surface area (Å²) in [5.74, 6) is 1.77. The first-order chi connectivity index (χ1) is 13.2. The fourth-order valence-electron chi connectivity index (χ4n) is 3.16. The molecule has 2 heterocycles. The van der Waals surface area contributed by atoms with Crippen molar-refractivity contribution in [2.24, 2.45) is 0 Å². The quantitative estimate of drug-likeness (QED) is 0.626. The van der Waals surface area contributed by atoms with Crippen molar-refractivity contribution in [2.45, 2.75) is 24.8 Å². The van der Waals surface area contributed by atoms with Crippen LogP contribution in [0.25, 0.3) is 5.69 Å². The Morgan fingerprint density at radius 3 is 2.44 bits per heavy atom. The van der Waals surface area contributed by atoms with Crippen LogP contribution in [0.3, 0.4) is 0 Å². The third kappa shape index (κ3) is 4.01. The molecule has 0 N–H and O–H groups in total. The van der Waals surface area contributed by atoms with Crippen molar-refractivity contribution in [3.63, 3.8) is 0 Å². The highest BCUT2D eigenvalue weighted by Gasteiger charge is 2.21. The van der Waals surface area contributed by atoms with Crippen molar-refractivity contribution in [3.05, 3.63) is 65.2 Å². The predicted octanol–water partition coefficient (Wildman–Crippen LogP) is 4.01. The zero-order valence-electron chi connectivity index (χ0n) is 15.8. The molecule has 0 aliphatic carbocycles. The first-order valence-electron chi connectivity index (χ1n) is 9.25. The standard InChI is InChI=1S/C21H24N4OS/c1-16-7-9-19(10-8-16)25-20(24-11-13-26-14-12-24)22-23-21(25)27-15-18-6-4-3-5-17(18)2/h3-10H,11-15H2,1-2H3. The number of rotatable bonds is 5. The van der Waals surface area contributed by atoms with E-state index in [4.69, 9.17) is 4.74 Å². The number of hydrogen-bond donors (Lipinski definition) is 0. The van der Waals surface area contributed by atoms with Gasteiger partial charge in [-0.2, -0.15) is 0 Å². The molecule has 1 aliphatic heterocycles. The van der Waals surface area contributed by atoms with Gasteiger partial charge in [-0.3, -0.25) is 4.57 Å². The second-order valence-electron chi connectivity index (χ2n) is 6.77. The molecule has 0 radical (unpaired) electrons. The van der Waals surface area contributed by atoms with E-state index in [0.29, 0.717) is 0 Å². The van der Waals surface area contributed by atoms with Crippen molar-refractivity contribution in [1.82, 2.24) is 14.8 Å². The van der Waals surface area contributed by atoms with Gasteiger partial charge in [0.1, 0.15) is 0 Å². The minimum Gasteiger partial charge on any atom is -0.378 e. The Morgan fingerprint density at radius 2 is 1.70 bits per heavy atom. The lowest BCUT2D eigenvalue weighted by molar-refractivity contribution is 0.122. The van der Waals surface area contributed by atoms with Crippen LogP contribution in [-0.4, -0.2) is 41.1 Å². The van der Waals surface area contributed by atoms with Gasteiger partial charge in [-0.25, -0.2) is 0 Å². The first kappa shape index (κ1) is 18.1. The van der Waals surface area contributed by atoms with E-state index >= 15 is 0 Å². The number of nitrogens with zero attached hydrogens (tertiary/aromatic N) is 4. The molecule has 1 aliphatic rings. The number of aromatic nitrogens is 3. The average molecular weight is 381 g/mol. The van der Waals surface area contributed by atoms with Crippen molar-refractivity contribution in [2.75, 3.05) is 31.2 Å². The van der Waals surface area contributed by atoms with E-state index in [-0.39, 0.29) is 0 Å². The van der Waals surface area contributed by atoms with Gasteiger partial charge in [0.25, 0.3) is 0 Å². The van der Waals surface area contributed by atoms with Crippen LogP contribution < -0.4 is 4.90 Å². The number of benzene rings is 2. The van der Waals surface area contributed by atoms with Gasteiger partial charge in [-0.05, 0) is 37.1 Å². The molecule has 0 unspecified atom stereocenters. The Labute approximate surface area is 164 Å². The van der Waals surface area contributed by atoms with Crippen LogP contribution >= 0.6 is 11.8 Å². The number of morpholine rings is 1. The third-order valence-electron chi connectivity index (χ3n) is 4.82. The van der Waals surface area contributed by atoms with E-state index in [0.717, 1.165) is 48.8 Å². The van der Waals surface area contributed by atoms with Gasteiger partial charge in [-0.15, -0.1) is 10.2 Å². The largest absolute Gasteiger partial charge is 0.378 e. The van der Waals surface area contributed by atoms with Crippen molar-refractivity contribution < 1.29 is 4.74 Å². The Kier molecular flexibility index (Phi) is 5.45. The SMILES string of the molecule is Cc1ccc(-n2c(SCc3ccccc3C)nnc2N2CCOCC2)cc1. The summed E-state index contributed by atoms with van der Waals surface area (Å²) < 4.78 is 7.68. The predicted molar refractivity (Wildman–Crippen MR) is 110 cm³/mol. The van der Waals surface area contributed by atoms with E-state index in [1.54, 1.807) is 11.8 Å². The van der Waals surface area contributed by atoms with E-state index in [1.807, 2.05) is 0 Å². The number of hydrogen-bond acceptors (Lipinski definition) is 5. The van der Waals surface area contributed by atoms with E-state index in [9.17, 15) is 0 Å². The highest BCUT2D eigenvalue weighted by molar-refractivity contribution is 7.98. The summed E-state index contributed by atoms with van der Waals surface area (Å²) in [7, 11) is 0. The molecule has 2 aromatic carbocycles. The zero-order chi connectivity index (χ0) is 18.6. The minimum atomic E-state index is 0.729. The second kappa shape index (κ2) is 8.15. The fourth-order valence-corrected chi connectivity index (χ4v) is 4.18. The molecular formula is C21H24N4OS. The molecule has 0 atom stereocenters. The molecule has 1 fully saturated rings. The summed E-state index contributed by atoms with van der Waals surface area (Å²) in [5.41, 5.74) is 4.97. The van der Waals surface area contributed by atoms with Gasteiger partial charge in [0, 0.05) is 18.8 Å². The lowest BCUT2D eigenvalue weighted by atomic mass is 10.1. The molecule has 1 aromatic heterocycles. The highest BCUT2D eigenvalue weighted by atomic mass is 32.2. The Balaban J connectivity index is 1.67. The summed E-state index contributed by atoms with van der Waals surface area (Å²) in [6, 6.07) is 17.0. The van der Waals surface area contributed by atoms with Crippen LogP contribution in [-0.2, 0) is 10.5 Å². The molecule has 4 rings (SSSR count). The molecular weight excluding hydrogens is 356 g/mol. The van der Waals surface area contributed by atoms with Gasteiger partial charge in [0.15, 0.2) is 5.16 Å². The average Bonchev–Trinajstić information content (AvgIpc) is 3.12. The summed E-state index contributed by atoms with van der Waals surface area (Å²) in [5, 5.41) is 9.98. The summed E-state index contributed by atoms with van der Waals surface area (Å²) >= 11 is 1.73. The summed E-state index contributed by atoms with van der Waals surface area (Å²) in [6.45, 7) is 7.39. The fraction of sp³-hybridized carbons (Fsp3) is 0.333. The monoisotopic (exact) mass is 380 g/mol. The van der Waals surface area contributed by atoms with Crippen LogP contribution in [0.5, 0.6) is 0 Å². The topological polar surface area (TPSA) is 43.2 Å². The van der Waals surface area contributed by atoms with E-state index in [2.05, 4.69) is 82.0 Å². The lowest BCUT2D eigenvalue weighted by Gasteiger charge is -2.28. The Bertz CT molecular complexity index is 901. The molecule has 6 heteroatoms. The van der Waals surface area contributed by atoms with Gasteiger partial charge in [-0.1, -0.05) is 53.7 Å². The molecule has 0 saturated carbocycles. The van der Waals surface area contributed by atoms with Crippen LogP contribution in [0.1, 0.15) is 16.7 Å². The lowest BCUT2D eigenvalue weighted by Crippen LogP contribution is -2.37. The van der Waals surface area contributed by atoms with Crippen molar-refractivity contribution in [1.29, 1.82) is 0 Å². The van der Waals surface area contributed by atoms with Crippen LogP contribution in [0.15, 0.2) is 53.7 Å². The number of ether oxygens (including phenoxy) is 1. The van der Waals surface area contributed by atoms with E-state index in [1.165, 1.54) is 16.7 Å². The molecule has 0 bridgehead atoms. The first-order valence-corrected chi connectivity index (χ1v) is 10.2. The van der Waals surface area contributed by atoms with Crippen molar-refractivity contribution in [3.8, 4) is 5.69 Å². The molecule has 0 amide bonds. The molecule has 27 heavy (non-hydrogen) atoms. The van der Waals surface area contributed by atoms with Gasteiger partial charge < -0.3 is 9.64 Å². The number of aryl methyl sites for hydroxylation is 2. The molecule has 1 saturated heterocycles. The Hall–Kier alpha value is -2.31. The zero-order valence-corrected chi connectivity index (χ0v) is 16.6. The smallest absolute Gasteiger partial charge is 0.232 e. The summed E-state index contributed by atoms with van der Waals surface area (Å²) in [6.07, 6.45) is 0. The molecule has 140 valence electrons. The molecule has 3 aromatic rings. The third-order valence-corrected chi connectivity index (χ3v) is 5.80. The maximum Gasteiger partial charge on any atom is 0.232 e. The number of thioether (sulfide) groups is 1. The minimum absolute atomic E-state index is 0.729. The maximum absolute atomic E-state index is 5.50. The van der Waals surface area contributed by atoms with Crippen LogP contribution in [0, 0.1) is 13.8 Å². The molecule has 0 spiro atoms. The van der Waals surface area contributed by atoms with Gasteiger partial charge in [0.05, 0.1) is 18.9 Å².